The van der Waals surface area contributed by atoms with Gasteiger partial charge in [-0.25, -0.2) is 0 Å². The molecule has 17 heavy (non-hydrogen) atoms. The quantitative estimate of drug-likeness (QED) is 0.672. The normalized spacial score (nSPS) is 23.8. The fraction of sp³-hybridized carbons (Fsp3) is 0.647. The first-order valence-electron chi connectivity index (χ1n) is 7.20. The van der Waals surface area contributed by atoms with Gasteiger partial charge >= 0.3 is 0 Å². The maximum atomic E-state index is 2.49. The van der Waals surface area contributed by atoms with Crippen molar-refractivity contribution in [2.45, 2.75) is 58.3 Å². The van der Waals surface area contributed by atoms with Gasteiger partial charge in [-0.1, -0.05) is 45.0 Å². The maximum absolute atomic E-state index is 2.49. The van der Waals surface area contributed by atoms with Crippen molar-refractivity contribution < 1.29 is 0 Å². The summed E-state index contributed by atoms with van der Waals surface area (Å²) >= 11 is 0. The van der Waals surface area contributed by atoms with E-state index in [4.69, 9.17) is 0 Å². The maximum Gasteiger partial charge on any atom is -0.00796 e. The Bertz CT molecular complexity index is 391. The second-order valence-electron chi connectivity index (χ2n) is 6.79. The number of rotatable bonds is 4. The highest BCUT2D eigenvalue weighted by atomic mass is 14.6. The van der Waals surface area contributed by atoms with Gasteiger partial charge in [0, 0.05) is 0 Å². The van der Waals surface area contributed by atoms with Gasteiger partial charge in [0.25, 0.3) is 0 Å². The van der Waals surface area contributed by atoms with Gasteiger partial charge < -0.3 is 0 Å². The predicted octanol–water partition coefficient (Wildman–Crippen LogP) is 5.10. The zero-order valence-corrected chi connectivity index (χ0v) is 11.4. The van der Waals surface area contributed by atoms with Gasteiger partial charge in [0.15, 0.2) is 0 Å². The minimum absolute atomic E-state index is 0.639. The minimum atomic E-state index is 0.639. The fourth-order valence-corrected chi connectivity index (χ4v) is 3.27. The Hall–Kier alpha value is -0.780. The standard InChI is InChI=1S/C17H24/c1-12(2)13-4-6-14(7-5-13)16(15-8-9-15)17(3)10-11-17/h4-7,12,15-16H,8-11H2,1-3H3. The van der Waals surface area contributed by atoms with Crippen molar-refractivity contribution in [2.24, 2.45) is 11.3 Å². The van der Waals surface area contributed by atoms with E-state index >= 15 is 0 Å². The van der Waals surface area contributed by atoms with Crippen molar-refractivity contribution in [3.05, 3.63) is 35.4 Å². The van der Waals surface area contributed by atoms with Crippen molar-refractivity contribution in [2.75, 3.05) is 0 Å². The number of hydrogen-bond acceptors (Lipinski definition) is 0. The van der Waals surface area contributed by atoms with Crippen LogP contribution in [0.1, 0.15) is 69.4 Å². The van der Waals surface area contributed by atoms with Gasteiger partial charge in [-0.15, -0.1) is 0 Å². The van der Waals surface area contributed by atoms with E-state index in [2.05, 4.69) is 45.0 Å². The summed E-state index contributed by atoms with van der Waals surface area (Å²) < 4.78 is 0. The average molecular weight is 228 g/mol. The van der Waals surface area contributed by atoms with Crippen molar-refractivity contribution >= 4 is 0 Å². The van der Waals surface area contributed by atoms with Gasteiger partial charge in [0.2, 0.25) is 0 Å². The van der Waals surface area contributed by atoms with Crippen molar-refractivity contribution in [3.8, 4) is 0 Å². The van der Waals surface area contributed by atoms with Crippen LogP contribution in [0, 0.1) is 11.3 Å². The zero-order valence-electron chi connectivity index (χ0n) is 11.4. The fourth-order valence-electron chi connectivity index (χ4n) is 3.27. The Kier molecular flexibility index (Phi) is 2.57. The molecule has 2 aliphatic carbocycles. The molecule has 0 nitrogen and oxygen atoms in total. The summed E-state index contributed by atoms with van der Waals surface area (Å²) in [7, 11) is 0. The number of benzene rings is 1. The summed E-state index contributed by atoms with van der Waals surface area (Å²) in [5.74, 6) is 2.50. The molecule has 3 rings (SSSR count). The number of hydrogen-bond donors (Lipinski definition) is 0. The van der Waals surface area contributed by atoms with E-state index in [0.29, 0.717) is 11.3 Å². The van der Waals surface area contributed by atoms with E-state index in [1.807, 2.05) is 0 Å². The summed E-state index contributed by atoms with van der Waals surface area (Å²) in [6.07, 6.45) is 5.82. The topological polar surface area (TPSA) is 0 Å². The molecule has 0 aromatic heterocycles. The van der Waals surface area contributed by atoms with E-state index in [0.717, 1.165) is 11.8 Å². The first-order chi connectivity index (χ1) is 8.10. The molecule has 92 valence electrons. The molecule has 2 fully saturated rings. The Morgan fingerprint density at radius 1 is 1.00 bits per heavy atom. The summed E-state index contributed by atoms with van der Waals surface area (Å²) in [6, 6.07) is 9.51. The Morgan fingerprint density at radius 3 is 1.94 bits per heavy atom. The van der Waals surface area contributed by atoms with Crippen molar-refractivity contribution in [3.63, 3.8) is 0 Å². The molecule has 1 atom stereocenters. The van der Waals surface area contributed by atoms with Gasteiger partial charge in [0.05, 0.1) is 0 Å². The third-order valence-electron chi connectivity index (χ3n) is 4.85. The summed E-state index contributed by atoms with van der Waals surface area (Å²) in [5.41, 5.74) is 3.72. The second-order valence-corrected chi connectivity index (χ2v) is 6.79. The molecule has 0 heteroatoms. The van der Waals surface area contributed by atoms with Crippen LogP contribution in [0.4, 0.5) is 0 Å². The molecule has 1 aromatic carbocycles. The summed E-state index contributed by atoms with van der Waals surface area (Å²) in [5, 5.41) is 0. The van der Waals surface area contributed by atoms with Crippen molar-refractivity contribution in [1.29, 1.82) is 0 Å². The molecule has 0 saturated heterocycles. The second kappa shape index (κ2) is 3.86. The molecule has 1 aromatic rings. The van der Waals surface area contributed by atoms with Crippen LogP contribution in [0.2, 0.25) is 0 Å². The molecule has 2 aliphatic rings. The first kappa shape index (κ1) is 11.3. The molecular formula is C17H24. The van der Waals surface area contributed by atoms with Gasteiger partial charge in [-0.3, -0.25) is 0 Å². The van der Waals surface area contributed by atoms with Crippen LogP contribution in [0.3, 0.4) is 0 Å². The van der Waals surface area contributed by atoms with E-state index < -0.39 is 0 Å². The Labute approximate surface area is 105 Å². The van der Waals surface area contributed by atoms with Crippen LogP contribution < -0.4 is 0 Å². The molecule has 0 amide bonds. The third kappa shape index (κ3) is 2.14. The van der Waals surface area contributed by atoms with Crippen LogP contribution in [0.15, 0.2) is 24.3 Å². The van der Waals surface area contributed by atoms with E-state index in [1.165, 1.54) is 31.2 Å². The van der Waals surface area contributed by atoms with Crippen molar-refractivity contribution in [1.82, 2.24) is 0 Å². The Balaban J connectivity index is 1.86. The zero-order chi connectivity index (χ0) is 12.0. The molecule has 0 bridgehead atoms. The molecule has 1 unspecified atom stereocenters. The Morgan fingerprint density at radius 2 is 1.53 bits per heavy atom. The average Bonchev–Trinajstić information content (AvgIpc) is 3.19. The van der Waals surface area contributed by atoms with E-state index in [9.17, 15) is 0 Å². The van der Waals surface area contributed by atoms with Gasteiger partial charge in [-0.05, 0) is 60.0 Å². The predicted molar refractivity (Wildman–Crippen MR) is 73.3 cm³/mol. The largest absolute Gasteiger partial charge is 0.0590 e. The van der Waals surface area contributed by atoms with Crippen LogP contribution >= 0.6 is 0 Å². The van der Waals surface area contributed by atoms with Crippen LogP contribution in [-0.4, -0.2) is 0 Å². The van der Waals surface area contributed by atoms with E-state index in [1.54, 1.807) is 5.56 Å². The monoisotopic (exact) mass is 228 g/mol. The summed E-state index contributed by atoms with van der Waals surface area (Å²) in [6.45, 7) is 7.04. The smallest absolute Gasteiger partial charge is 0.00796 e. The molecule has 0 aliphatic heterocycles. The highest BCUT2D eigenvalue weighted by Crippen LogP contribution is 2.63. The highest BCUT2D eigenvalue weighted by molar-refractivity contribution is 5.31. The summed E-state index contributed by atoms with van der Waals surface area (Å²) in [4.78, 5) is 0. The molecule has 0 radical (unpaired) electrons. The van der Waals surface area contributed by atoms with E-state index in [-0.39, 0.29) is 0 Å². The lowest BCUT2D eigenvalue weighted by Gasteiger charge is -2.24. The molecule has 2 saturated carbocycles. The minimum Gasteiger partial charge on any atom is -0.0590 e. The van der Waals surface area contributed by atoms with Gasteiger partial charge in [-0.2, -0.15) is 0 Å². The third-order valence-corrected chi connectivity index (χ3v) is 4.85. The molecule has 0 heterocycles. The molecule has 0 N–H and O–H groups in total. The lowest BCUT2D eigenvalue weighted by molar-refractivity contribution is 0.396. The molecular weight excluding hydrogens is 204 g/mol. The first-order valence-corrected chi connectivity index (χ1v) is 7.20. The van der Waals surface area contributed by atoms with Crippen LogP contribution in [-0.2, 0) is 0 Å². The van der Waals surface area contributed by atoms with Crippen LogP contribution in [0.25, 0.3) is 0 Å². The highest BCUT2D eigenvalue weighted by Gasteiger charge is 2.51. The van der Waals surface area contributed by atoms with Gasteiger partial charge in [0.1, 0.15) is 0 Å². The van der Waals surface area contributed by atoms with Crippen LogP contribution in [0.5, 0.6) is 0 Å². The lowest BCUT2D eigenvalue weighted by atomic mass is 9.80. The SMILES string of the molecule is CC(C)c1ccc(C(C2CC2)C2(C)CC2)cc1. The molecule has 0 spiro atoms. The lowest BCUT2D eigenvalue weighted by Crippen LogP contribution is -2.13.